The molecule has 4 aromatic rings. The topological polar surface area (TPSA) is 92.2 Å². The van der Waals surface area contributed by atoms with Gasteiger partial charge in [-0.3, -0.25) is 0 Å². The molecule has 2 aromatic heterocycles. The quantitative estimate of drug-likeness (QED) is 0.470. The number of aromatic nitrogens is 4. The molecule has 0 saturated heterocycles. The van der Waals surface area contributed by atoms with Crippen LogP contribution in [-0.2, 0) is 6.67 Å². The second-order valence-electron chi connectivity index (χ2n) is 7.42. The van der Waals surface area contributed by atoms with E-state index in [4.69, 9.17) is 10.2 Å². The van der Waals surface area contributed by atoms with Crippen LogP contribution in [0.25, 0.3) is 11.4 Å². The molecule has 2 heterocycles. The fraction of sp³-hybridized carbons (Fsp3) is 0.130. The molecule has 8 heteroatoms. The molecule has 8 nitrogen and oxygen atoms in total. The maximum absolute atomic E-state index is 11.1. The summed E-state index contributed by atoms with van der Waals surface area (Å²) < 4.78 is 7.92. The van der Waals surface area contributed by atoms with E-state index < -0.39 is 11.9 Å². The van der Waals surface area contributed by atoms with Crippen LogP contribution in [0.4, 0.5) is 0 Å². The van der Waals surface area contributed by atoms with Crippen LogP contribution in [0, 0.1) is 13.8 Å². The highest BCUT2D eigenvalue weighted by Crippen LogP contribution is 2.16. The van der Waals surface area contributed by atoms with E-state index in [2.05, 4.69) is 0 Å². The molecule has 0 aliphatic carbocycles. The van der Waals surface area contributed by atoms with Gasteiger partial charge in [0.1, 0.15) is 36.2 Å². The lowest BCUT2D eigenvalue weighted by molar-refractivity contribution is -0.912. The highest BCUT2D eigenvalue weighted by Gasteiger charge is 2.15. The van der Waals surface area contributed by atoms with Crippen molar-refractivity contribution in [3.63, 3.8) is 0 Å². The third-order valence-corrected chi connectivity index (χ3v) is 5.15. The van der Waals surface area contributed by atoms with Crippen molar-refractivity contribution in [1.82, 2.24) is 9.13 Å². The van der Waals surface area contributed by atoms with Crippen LogP contribution in [0.1, 0.15) is 31.8 Å². The number of rotatable bonds is 6. The molecule has 0 radical (unpaired) electrons. The summed E-state index contributed by atoms with van der Waals surface area (Å²) in [7, 11) is 0. The summed E-state index contributed by atoms with van der Waals surface area (Å²) in [5.41, 5.74) is 4.12. The molecule has 0 fully saturated rings. The molecule has 0 bridgehead atoms. The van der Waals surface area contributed by atoms with Crippen LogP contribution in [-0.4, -0.2) is 31.3 Å². The lowest BCUT2D eigenvalue weighted by Gasteiger charge is -2.02. The summed E-state index contributed by atoms with van der Waals surface area (Å²) in [4.78, 5) is 22.3. The monoisotopic (exact) mass is 418 g/mol. The second kappa shape index (κ2) is 7.91. The molecule has 0 spiro atoms. The van der Waals surface area contributed by atoms with Crippen LogP contribution in [0.5, 0.6) is 0 Å². The largest absolute Gasteiger partial charge is 0.478 e. The Morgan fingerprint density at radius 3 is 1.55 bits per heavy atom. The third kappa shape index (κ3) is 4.09. The van der Waals surface area contributed by atoms with Crippen LogP contribution >= 0.6 is 0 Å². The summed E-state index contributed by atoms with van der Waals surface area (Å²) in [5.74, 6) is -1.88. The van der Waals surface area contributed by atoms with Crippen molar-refractivity contribution in [2.45, 2.75) is 20.5 Å². The normalized spacial score (nSPS) is 10.9. The Morgan fingerprint density at radius 1 is 0.774 bits per heavy atom. The zero-order valence-corrected chi connectivity index (χ0v) is 17.1. The fourth-order valence-corrected chi connectivity index (χ4v) is 3.59. The zero-order chi connectivity index (χ0) is 22.1. The zero-order valence-electron chi connectivity index (χ0n) is 17.1. The van der Waals surface area contributed by atoms with E-state index >= 15 is 0 Å². The minimum atomic E-state index is -0.939. The Kier molecular flexibility index (Phi) is 5.12. The molecule has 2 aromatic carbocycles. The van der Waals surface area contributed by atoms with Gasteiger partial charge in [-0.15, -0.1) is 0 Å². The summed E-state index contributed by atoms with van der Waals surface area (Å²) >= 11 is 0. The molecule has 0 atom stereocenters. The Hall–Kier alpha value is -4.20. The first-order chi connectivity index (χ1) is 14.8. The number of benzene rings is 2. The first-order valence-corrected chi connectivity index (χ1v) is 9.64. The predicted octanol–water partition coefficient (Wildman–Crippen LogP) is 2.36. The summed E-state index contributed by atoms with van der Waals surface area (Å²) in [6.07, 6.45) is 11.6. The van der Waals surface area contributed by atoms with E-state index in [0.717, 1.165) is 22.5 Å². The van der Waals surface area contributed by atoms with Crippen molar-refractivity contribution in [1.29, 1.82) is 0 Å². The average Bonchev–Trinajstić information content (AvgIpc) is 3.37. The predicted molar refractivity (Wildman–Crippen MR) is 111 cm³/mol. The maximum Gasteiger partial charge on any atom is 0.335 e. The van der Waals surface area contributed by atoms with Gasteiger partial charge in [0.25, 0.3) is 12.7 Å². The Bertz CT molecular complexity index is 1200. The van der Waals surface area contributed by atoms with Crippen molar-refractivity contribution in [3.8, 4) is 11.4 Å². The summed E-state index contributed by atoms with van der Waals surface area (Å²) in [6.45, 7) is 4.36. The van der Waals surface area contributed by atoms with Gasteiger partial charge in [-0.2, -0.15) is 9.13 Å². The minimum absolute atomic E-state index is 0.268. The van der Waals surface area contributed by atoms with Crippen molar-refractivity contribution in [2.24, 2.45) is 0 Å². The molecule has 0 unspecified atom stereocenters. The number of carboxylic acid groups (broad SMARTS) is 2. The summed E-state index contributed by atoms with van der Waals surface area (Å²) in [6, 6.07) is 10.1. The number of carboxylic acids is 2. The number of imidazole rings is 2. The molecular weight excluding hydrogens is 396 g/mol. The number of nitrogens with zero attached hydrogens (tertiary/aromatic N) is 4. The third-order valence-electron chi connectivity index (χ3n) is 5.15. The van der Waals surface area contributed by atoms with E-state index in [-0.39, 0.29) is 11.1 Å². The standard InChI is InChI=1S/C23H20N4O4/c1-16-11-18(22(28)29)3-5-20(16)26-9-7-24(14-26)13-25-8-10-27(15-25)21-6-4-19(23(30)31)12-17(21)2/h3-12,14-15H,13H2,1-2H3/p+2. The van der Waals surface area contributed by atoms with E-state index in [0.29, 0.717) is 6.67 Å². The second-order valence-corrected chi connectivity index (χ2v) is 7.42. The molecule has 156 valence electrons. The molecule has 0 aliphatic rings. The van der Waals surface area contributed by atoms with E-state index in [1.165, 1.54) is 0 Å². The van der Waals surface area contributed by atoms with Crippen LogP contribution in [0.15, 0.2) is 73.8 Å². The van der Waals surface area contributed by atoms with Crippen LogP contribution in [0.3, 0.4) is 0 Å². The number of hydrogen-bond acceptors (Lipinski definition) is 2. The van der Waals surface area contributed by atoms with Gasteiger partial charge in [0.15, 0.2) is 0 Å². The number of carbonyl (C=O) groups is 2. The van der Waals surface area contributed by atoms with Gasteiger partial charge in [-0.25, -0.2) is 18.7 Å². The van der Waals surface area contributed by atoms with Gasteiger partial charge in [0.05, 0.1) is 11.1 Å². The fourth-order valence-electron chi connectivity index (χ4n) is 3.59. The smallest absolute Gasteiger partial charge is 0.335 e. The van der Waals surface area contributed by atoms with Gasteiger partial charge in [0.2, 0.25) is 6.67 Å². The molecule has 2 N–H and O–H groups in total. The highest BCUT2D eigenvalue weighted by molar-refractivity contribution is 5.88. The Morgan fingerprint density at radius 2 is 1.19 bits per heavy atom. The average molecular weight is 418 g/mol. The van der Waals surface area contributed by atoms with Crippen molar-refractivity contribution in [3.05, 3.63) is 96.1 Å². The first kappa shape index (κ1) is 20.1. The van der Waals surface area contributed by atoms with Crippen LogP contribution < -0.4 is 9.13 Å². The van der Waals surface area contributed by atoms with Gasteiger partial charge in [-0.05, 0) is 61.4 Å². The number of aromatic carboxylic acids is 2. The molecule has 4 rings (SSSR count). The molecule has 0 aliphatic heterocycles. The Balaban J connectivity index is 1.53. The molecule has 0 saturated carbocycles. The lowest BCUT2D eigenvalue weighted by atomic mass is 10.1. The molecule has 31 heavy (non-hydrogen) atoms. The number of hydrogen-bond donors (Lipinski definition) is 2. The highest BCUT2D eigenvalue weighted by atomic mass is 16.4. The summed E-state index contributed by atoms with van der Waals surface area (Å²) in [5, 5.41) is 18.3. The number of aryl methyl sites for hydroxylation is 2. The van der Waals surface area contributed by atoms with E-state index in [9.17, 15) is 9.59 Å². The SMILES string of the molecule is Cc1cc(C(=O)O)ccc1-n1cc[n+](C[n+]2ccn(-c3ccc(C(=O)O)cc3C)c2)c1. The first-order valence-electron chi connectivity index (χ1n) is 9.64. The van der Waals surface area contributed by atoms with Gasteiger partial charge < -0.3 is 10.2 Å². The van der Waals surface area contributed by atoms with E-state index in [1.807, 2.05) is 69.6 Å². The minimum Gasteiger partial charge on any atom is -0.478 e. The van der Waals surface area contributed by atoms with Gasteiger partial charge >= 0.3 is 11.9 Å². The molecular formula is C23H22N4O4+2. The van der Waals surface area contributed by atoms with Crippen molar-refractivity contribution >= 4 is 11.9 Å². The maximum atomic E-state index is 11.1. The van der Waals surface area contributed by atoms with E-state index in [1.54, 1.807) is 36.4 Å². The van der Waals surface area contributed by atoms with Gasteiger partial charge in [-0.1, -0.05) is 0 Å². The van der Waals surface area contributed by atoms with Crippen LogP contribution in [0.2, 0.25) is 0 Å². The Labute approximate surface area is 178 Å². The van der Waals surface area contributed by atoms with Gasteiger partial charge in [0, 0.05) is 0 Å². The van der Waals surface area contributed by atoms with Crippen molar-refractivity contribution in [2.75, 3.05) is 0 Å². The lowest BCUT2D eigenvalue weighted by Crippen LogP contribution is -2.49. The molecule has 0 amide bonds. The van der Waals surface area contributed by atoms with Crippen molar-refractivity contribution < 1.29 is 28.9 Å².